The molecule has 2 atom stereocenters. The number of anilines is 1. The predicted octanol–water partition coefficient (Wildman–Crippen LogP) is 4.25. The van der Waals surface area contributed by atoms with Crippen LogP contribution < -0.4 is 5.01 Å². The van der Waals surface area contributed by atoms with Crippen molar-refractivity contribution in [1.29, 1.82) is 5.26 Å². The van der Waals surface area contributed by atoms with E-state index in [1.54, 1.807) is 12.1 Å². The van der Waals surface area contributed by atoms with Crippen LogP contribution in [0.3, 0.4) is 0 Å². The number of nitriles is 1. The monoisotopic (exact) mass is 401 g/mol. The van der Waals surface area contributed by atoms with Crippen LogP contribution in [0.4, 0.5) is 5.69 Å². The smallest absolute Gasteiger partial charge is 0.335 e. The molecule has 0 radical (unpaired) electrons. The highest BCUT2D eigenvalue weighted by molar-refractivity contribution is 6.09. The maximum absolute atomic E-state index is 11.4. The molecule has 2 aromatic rings. The first kappa shape index (κ1) is 18.8. The minimum atomic E-state index is -0.938. The second-order valence-electron chi connectivity index (χ2n) is 8.38. The summed E-state index contributed by atoms with van der Waals surface area (Å²) in [6.07, 6.45) is 4.63. The Morgan fingerprint density at radius 2 is 2.03 bits per heavy atom. The topological polar surface area (TPSA) is 85.9 Å². The van der Waals surface area contributed by atoms with Crippen LogP contribution in [0.5, 0.6) is 0 Å². The molecular weight excluding hydrogens is 378 g/mol. The lowest BCUT2D eigenvalue weighted by atomic mass is 9.86. The van der Waals surface area contributed by atoms with Gasteiger partial charge >= 0.3 is 5.97 Å². The van der Waals surface area contributed by atoms with Crippen LogP contribution >= 0.6 is 0 Å². The lowest BCUT2D eigenvalue weighted by Gasteiger charge is -2.34. The van der Waals surface area contributed by atoms with Gasteiger partial charge in [-0.3, -0.25) is 5.01 Å². The number of ether oxygens (including phenoxy) is 1. The maximum Gasteiger partial charge on any atom is 0.335 e. The van der Waals surface area contributed by atoms with Gasteiger partial charge in [0.25, 0.3) is 0 Å². The molecular formula is C24H23N3O3. The van der Waals surface area contributed by atoms with Gasteiger partial charge < -0.3 is 9.84 Å². The molecule has 2 heterocycles. The number of hydrazone groups is 1. The summed E-state index contributed by atoms with van der Waals surface area (Å²) in [5, 5.41) is 25.7. The van der Waals surface area contributed by atoms with Gasteiger partial charge in [-0.05, 0) is 67.1 Å². The van der Waals surface area contributed by atoms with E-state index in [0.29, 0.717) is 18.1 Å². The van der Waals surface area contributed by atoms with E-state index in [1.165, 1.54) is 12.8 Å². The fourth-order valence-electron chi connectivity index (χ4n) is 5.08. The Labute approximate surface area is 175 Å². The zero-order chi connectivity index (χ0) is 20.8. The molecule has 1 saturated carbocycles. The average molecular weight is 401 g/mol. The van der Waals surface area contributed by atoms with Crippen molar-refractivity contribution in [3.8, 4) is 6.07 Å². The van der Waals surface area contributed by atoms with Gasteiger partial charge in [0.1, 0.15) is 6.10 Å². The van der Waals surface area contributed by atoms with Crippen LogP contribution in [0.1, 0.15) is 58.3 Å². The Hall–Kier alpha value is -3.17. The van der Waals surface area contributed by atoms with Crippen LogP contribution in [0.25, 0.3) is 0 Å². The lowest BCUT2D eigenvalue weighted by Crippen LogP contribution is -2.45. The molecule has 1 fully saturated rings. The van der Waals surface area contributed by atoms with Gasteiger partial charge in [-0.25, -0.2) is 4.79 Å². The fourth-order valence-corrected chi connectivity index (χ4v) is 5.08. The van der Waals surface area contributed by atoms with E-state index >= 15 is 0 Å². The average Bonchev–Trinajstić information content (AvgIpc) is 3.40. The summed E-state index contributed by atoms with van der Waals surface area (Å²) >= 11 is 0. The number of carbonyl (C=O) groups is 1. The third-order valence-corrected chi connectivity index (χ3v) is 6.60. The van der Waals surface area contributed by atoms with E-state index in [1.807, 2.05) is 31.2 Å². The number of hydrogen-bond donors (Lipinski definition) is 1. The molecule has 0 amide bonds. The molecule has 152 valence electrons. The molecule has 5 rings (SSSR count). The first-order valence-corrected chi connectivity index (χ1v) is 10.4. The molecule has 0 spiro atoms. The van der Waals surface area contributed by atoms with Crippen LogP contribution in [-0.4, -0.2) is 28.9 Å². The Bertz CT molecular complexity index is 1100. The van der Waals surface area contributed by atoms with Crippen molar-refractivity contribution < 1.29 is 14.6 Å². The zero-order valence-electron chi connectivity index (χ0n) is 16.8. The standard InChI is InChI=1S/C24H23N3O3/c1-14-10-19(8-6-17(14)12-25)27-22(15-4-2-3-5-15)23-21(26-27)20-9-7-16(24(28)29)11-18(20)13-30-23/h6-11,15,22-23H,2-5,13H2,1H3,(H,28,29)/t22-,23-/m1/s1. The third kappa shape index (κ3) is 2.98. The molecule has 1 N–H and O–H groups in total. The Balaban J connectivity index is 1.59. The Morgan fingerprint density at radius 3 is 2.73 bits per heavy atom. The fraction of sp³-hybridized carbons (Fsp3) is 0.375. The van der Waals surface area contributed by atoms with Crippen LogP contribution in [0, 0.1) is 24.2 Å². The molecule has 30 heavy (non-hydrogen) atoms. The van der Waals surface area contributed by atoms with Crippen molar-refractivity contribution in [2.75, 3.05) is 5.01 Å². The van der Waals surface area contributed by atoms with E-state index in [9.17, 15) is 15.2 Å². The van der Waals surface area contributed by atoms with Crippen molar-refractivity contribution >= 4 is 17.4 Å². The first-order valence-electron chi connectivity index (χ1n) is 10.4. The van der Waals surface area contributed by atoms with Crippen molar-refractivity contribution in [1.82, 2.24) is 0 Å². The third-order valence-electron chi connectivity index (χ3n) is 6.60. The van der Waals surface area contributed by atoms with Crippen molar-refractivity contribution in [3.05, 3.63) is 64.2 Å². The van der Waals surface area contributed by atoms with E-state index < -0.39 is 5.97 Å². The molecule has 0 bridgehead atoms. The number of aromatic carboxylic acids is 1. The Kier molecular flexibility index (Phi) is 4.56. The normalized spacial score (nSPS) is 22.9. The minimum Gasteiger partial charge on any atom is -0.478 e. The molecule has 2 aromatic carbocycles. The Morgan fingerprint density at radius 1 is 1.23 bits per heavy atom. The van der Waals surface area contributed by atoms with Crippen molar-refractivity contribution in [3.63, 3.8) is 0 Å². The molecule has 2 aliphatic heterocycles. The van der Waals surface area contributed by atoms with Gasteiger partial charge in [0.15, 0.2) is 0 Å². The predicted molar refractivity (Wildman–Crippen MR) is 113 cm³/mol. The van der Waals surface area contributed by atoms with Crippen LogP contribution in [-0.2, 0) is 11.3 Å². The first-order chi connectivity index (χ1) is 14.6. The van der Waals surface area contributed by atoms with Crippen molar-refractivity contribution in [2.45, 2.75) is 51.4 Å². The highest BCUT2D eigenvalue weighted by atomic mass is 16.5. The van der Waals surface area contributed by atoms with E-state index in [2.05, 4.69) is 11.1 Å². The van der Waals surface area contributed by atoms with Crippen LogP contribution in [0.15, 0.2) is 41.5 Å². The van der Waals surface area contributed by atoms with E-state index in [4.69, 9.17) is 9.84 Å². The molecule has 3 aliphatic rings. The SMILES string of the molecule is Cc1cc(N2N=C3c4ccc(C(=O)O)cc4CO[C@H]3[C@H]2C2CCCC2)ccc1C#N. The van der Waals surface area contributed by atoms with Gasteiger partial charge in [0.2, 0.25) is 0 Å². The lowest BCUT2D eigenvalue weighted by molar-refractivity contribution is 0.0536. The summed E-state index contributed by atoms with van der Waals surface area (Å²) in [7, 11) is 0. The zero-order valence-corrected chi connectivity index (χ0v) is 16.8. The highest BCUT2D eigenvalue weighted by Gasteiger charge is 2.46. The van der Waals surface area contributed by atoms with Crippen molar-refractivity contribution in [2.24, 2.45) is 11.0 Å². The summed E-state index contributed by atoms with van der Waals surface area (Å²) in [6, 6.07) is 13.4. The van der Waals surface area contributed by atoms with Gasteiger partial charge in [0.05, 0.1) is 41.2 Å². The molecule has 6 nitrogen and oxygen atoms in total. The number of nitrogens with zero attached hydrogens (tertiary/aromatic N) is 3. The molecule has 0 aromatic heterocycles. The summed E-state index contributed by atoms with van der Waals surface area (Å²) < 4.78 is 6.30. The number of carboxylic acids is 1. The maximum atomic E-state index is 11.4. The number of rotatable bonds is 3. The van der Waals surface area contributed by atoms with E-state index in [0.717, 1.165) is 40.9 Å². The highest BCUT2D eigenvalue weighted by Crippen LogP contribution is 2.41. The second-order valence-corrected chi connectivity index (χ2v) is 8.38. The second kappa shape index (κ2) is 7.26. The summed E-state index contributed by atoms with van der Waals surface area (Å²) in [6.45, 7) is 2.34. The number of carboxylic acid groups (broad SMARTS) is 1. The molecule has 1 aliphatic carbocycles. The number of aryl methyl sites for hydroxylation is 1. The van der Waals surface area contributed by atoms with Gasteiger partial charge in [-0.2, -0.15) is 10.4 Å². The van der Waals surface area contributed by atoms with Gasteiger partial charge in [-0.1, -0.05) is 18.9 Å². The molecule has 6 heteroatoms. The summed E-state index contributed by atoms with van der Waals surface area (Å²) in [5.41, 5.74) is 5.57. The molecule has 0 unspecified atom stereocenters. The summed E-state index contributed by atoms with van der Waals surface area (Å²) in [5.74, 6) is -0.446. The number of hydrogen-bond acceptors (Lipinski definition) is 5. The van der Waals surface area contributed by atoms with Crippen LogP contribution in [0.2, 0.25) is 0 Å². The number of fused-ring (bicyclic) bond motifs is 3. The number of benzene rings is 2. The van der Waals surface area contributed by atoms with E-state index in [-0.39, 0.29) is 17.7 Å². The largest absolute Gasteiger partial charge is 0.478 e. The van der Waals surface area contributed by atoms with Gasteiger partial charge in [0, 0.05) is 5.56 Å². The molecule has 0 saturated heterocycles. The van der Waals surface area contributed by atoms with Gasteiger partial charge in [-0.15, -0.1) is 0 Å². The quantitative estimate of drug-likeness (QED) is 0.831. The summed E-state index contributed by atoms with van der Waals surface area (Å²) in [4.78, 5) is 11.4. The minimum absolute atomic E-state index is 0.113.